The summed E-state index contributed by atoms with van der Waals surface area (Å²) in [5, 5.41) is 13.3. The second kappa shape index (κ2) is 8.86. The molecule has 2 rings (SSSR count). The van der Waals surface area contributed by atoms with Crippen LogP contribution in [0.1, 0.15) is 10.4 Å². The number of nitro groups is 1. The van der Waals surface area contributed by atoms with E-state index in [0.29, 0.717) is 0 Å². The lowest BCUT2D eigenvalue weighted by Gasteiger charge is -2.12. The van der Waals surface area contributed by atoms with E-state index in [1.807, 2.05) is 0 Å². The van der Waals surface area contributed by atoms with Gasteiger partial charge in [-0.2, -0.15) is 0 Å². The van der Waals surface area contributed by atoms with Crippen LogP contribution in [0.25, 0.3) is 0 Å². The van der Waals surface area contributed by atoms with Crippen molar-refractivity contribution in [2.24, 2.45) is 0 Å². The molecule has 1 N–H and O–H groups in total. The van der Waals surface area contributed by atoms with Crippen LogP contribution in [0, 0.1) is 10.1 Å². The molecular formula is C17H15ClN2O7. The van der Waals surface area contributed by atoms with Gasteiger partial charge in [-0.15, -0.1) is 0 Å². The van der Waals surface area contributed by atoms with Gasteiger partial charge in [0.2, 0.25) is 0 Å². The molecule has 0 bridgehead atoms. The monoisotopic (exact) mass is 394 g/mol. The Bertz CT molecular complexity index is 863. The summed E-state index contributed by atoms with van der Waals surface area (Å²) in [6.45, 7) is -0.640. The Morgan fingerprint density at radius 3 is 2.33 bits per heavy atom. The number of non-ortho nitro benzene ring substituents is 1. The first-order chi connectivity index (χ1) is 12.9. The summed E-state index contributed by atoms with van der Waals surface area (Å²) in [5.41, 5.74) is -0.184. The molecule has 1 amide bonds. The molecule has 142 valence electrons. The van der Waals surface area contributed by atoms with Crippen LogP contribution in [-0.2, 0) is 9.53 Å². The van der Waals surface area contributed by atoms with Crippen LogP contribution in [0.15, 0.2) is 36.4 Å². The van der Waals surface area contributed by atoms with Crippen molar-refractivity contribution in [3.8, 4) is 11.5 Å². The lowest BCUT2D eigenvalue weighted by atomic mass is 10.2. The number of amides is 1. The number of benzene rings is 2. The maximum Gasteiger partial charge on any atom is 0.346 e. The third-order valence-electron chi connectivity index (χ3n) is 3.40. The Morgan fingerprint density at radius 1 is 1.15 bits per heavy atom. The molecule has 2 aromatic carbocycles. The molecule has 27 heavy (non-hydrogen) atoms. The number of hydrogen-bond acceptors (Lipinski definition) is 7. The largest absolute Gasteiger partial charge is 0.496 e. The predicted octanol–water partition coefficient (Wildman–Crippen LogP) is 3.06. The van der Waals surface area contributed by atoms with Crippen molar-refractivity contribution in [2.45, 2.75) is 0 Å². The number of halogens is 1. The van der Waals surface area contributed by atoms with Crippen molar-refractivity contribution in [3.63, 3.8) is 0 Å². The number of ether oxygens (including phenoxy) is 3. The summed E-state index contributed by atoms with van der Waals surface area (Å²) in [6, 6.07) is 8.30. The zero-order valence-electron chi connectivity index (χ0n) is 14.4. The number of methoxy groups -OCH3 is 2. The Hall–Kier alpha value is -3.33. The van der Waals surface area contributed by atoms with Crippen LogP contribution in [-0.4, -0.2) is 37.6 Å². The van der Waals surface area contributed by atoms with Crippen LogP contribution in [0.5, 0.6) is 11.5 Å². The zero-order valence-corrected chi connectivity index (χ0v) is 15.1. The van der Waals surface area contributed by atoms with Gasteiger partial charge in [0.15, 0.2) is 6.61 Å². The SMILES string of the molecule is COc1cccc(OC)c1C(=O)OCC(=O)Nc1cc([N+](=O)[O-])ccc1Cl. The van der Waals surface area contributed by atoms with E-state index in [4.69, 9.17) is 25.8 Å². The number of nitrogens with zero attached hydrogens (tertiary/aromatic N) is 1. The van der Waals surface area contributed by atoms with Gasteiger partial charge in [0.25, 0.3) is 11.6 Å². The Kier molecular flexibility index (Phi) is 6.56. The molecule has 0 spiro atoms. The van der Waals surface area contributed by atoms with Gasteiger partial charge in [-0.3, -0.25) is 14.9 Å². The lowest BCUT2D eigenvalue weighted by molar-refractivity contribution is -0.384. The van der Waals surface area contributed by atoms with E-state index >= 15 is 0 Å². The highest BCUT2D eigenvalue weighted by Gasteiger charge is 2.21. The first-order valence-electron chi connectivity index (χ1n) is 7.49. The van der Waals surface area contributed by atoms with Crippen molar-refractivity contribution in [1.29, 1.82) is 0 Å². The van der Waals surface area contributed by atoms with Crippen LogP contribution < -0.4 is 14.8 Å². The van der Waals surface area contributed by atoms with E-state index < -0.39 is 23.4 Å². The summed E-state index contributed by atoms with van der Waals surface area (Å²) in [5.74, 6) is -1.10. The summed E-state index contributed by atoms with van der Waals surface area (Å²) in [4.78, 5) is 34.5. The van der Waals surface area contributed by atoms with E-state index in [2.05, 4.69) is 5.32 Å². The Morgan fingerprint density at radius 2 is 1.78 bits per heavy atom. The molecule has 0 heterocycles. The maximum atomic E-state index is 12.3. The molecule has 0 aliphatic carbocycles. The minimum absolute atomic E-state index is 0.0294. The molecule has 0 atom stereocenters. The number of anilines is 1. The van der Waals surface area contributed by atoms with Crippen LogP contribution in [0.2, 0.25) is 5.02 Å². The first-order valence-corrected chi connectivity index (χ1v) is 7.87. The van der Waals surface area contributed by atoms with Gasteiger partial charge in [-0.05, 0) is 18.2 Å². The molecule has 0 radical (unpaired) electrons. The van der Waals surface area contributed by atoms with Crippen molar-refractivity contribution < 1.29 is 28.7 Å². The summed E-state index contributed by atoms with van der Waals surface area (Å²) in [6.07, 6.45) is 0. The van der Waals surface area contributed by atoms with Gasteiger partial charge in [-0.25, -0.2) is 4.79 Å². The third-order valence-corrected chi connectivity index (χ3v) is 3.73. The van der Waals surface area contributed by atoms with E-state index in [9.17, 15) is 19.7 Å². The number of nitro benzene ring substituents is 1. The molecular weight excluding hydrogens is 380 g/mol. The van der Waals surface area contributed by atoms with E-state index in [0.717, 1.165) is 6.07 Å². The quantitative estimate of drug-likeness (QED) is 0.435. The van der Waals surface area contributed by atoms with E-state index in [1.54, 1.807) is 18.2 Å². The normalized spacial score (nSPS) is 10.0. The van der Waals surface area contributed by atoms with Crippen molar-refractivity contribution in [3.05, 3.63) is 57.1 Å². The maximum absolute atomic E-state index is 12.3. The van der Waals surface area contributed by atoms with E-state index in [1.165, 1.54) is 26.4 Å². The molecule has 0 saturated heterocycles. The van der Waals surface area contributed by atoms with Gasteiger partial charge in [0.05, 0.1) is 29.9 Å². The second-order valence-electron chi connectivity index (χ2n) is 5.08. The first kappa shape index (κ1) is 20.0. The minimum Gasteiger partial charge on any atom is -0.496 e. The number of nitrogens with one attached hydrogen (secondary N) is 1. The van der Waals surface area contributed by atoms with E-state index in [-0.39, 0.29) is 33.5 Å². The van der Waals surface area contributed by atoms with Crippen molar-refractivity contribution in [2.75, 3.05) is 26.1 Å². The predicted molar refractivity (Wildman–Crippen MR) is 96.6 cm³/mol. The highest BCUT2D eigenvalue weighted by molar-refractivity contribution is 6.33. The number of rotatable bonds is 7. The third kappa shape index (κ3) is 4.85. The smallest absolute Gasteiger partial charge is 0.346 e. The molecule has 0 aliphatic heterocycles. The molecule has 0 fully saturated rings. The molecule has 2 aromatic rings. The zero-order chi connectivity index (χ0) is 20.0. The van der Waals surface area contributed by atoms with Crippen molar-refractivity contribution >= 4 is 34.9 Å². The average Bonchev–Trinajstić information content (AvgIpc) is 2.66. The standard InChI is InChI=1S/C17H15ClN2O7/c1-25-13-4-3-5-14(26-2)16(13)17(22)27-9-15(21)19-12-8-10(20(23)24)6-7-11(12)18/h3-8H,9H2,1-2H3,(H,19,21). The highest BCUT2D eigenvalue weighted by Crippen LogP contribution is 2.29. The second-order valence-corrected chi connectivity index (χ2v) is 5.49. The summed E-state index contributed by atoms with van der Waals surface area (Å²) in [7, 11) is 2.76. The van der Waals surface area contributed by atoms with Gasteiger partial charge >= 0.3 is 5.97 Å². The average molecular weight is 395 g/mol. The molecule has 0 unspecified atom stereocenters. The van der Waals surface area contributed by atoms with Crippen LogP contribution >= 0.6 is 11.6 Å². The molecule has 0 aliphatic rings. The molecule has 0 aromatic heterocycles. The number of carbonyl (C=O) groups excluding carboxylic acids is 2. The van der Waals surface area contributed by atoms with Gasteiger partial charge in [0, 0.05) is 12.1 Å². The topological polar surface area (TPSA) is 117 Å². The van der Waals surface area contributed by atoms with Gasteiger partial charge in [-0.1, -0.05) is 17.7 Å². The minimum atomic E-state index is -0.829. The number of carbonyl (C=O) groups is 2. The molecule has 9 nitrogen and oxygen atoms in total. The van der Waals surface area contributed by atoms with Crippen LogP contribution in [0.4, 0.5) is 11.4 Å². The fraction of sp³-hybridized carbons (Fsp3) is 0.176. The van der Waals surface area contributed by atoms with Gasteiger partial charge in [0.1, 0.15) is 17.1 Å². The fourth-order valence-electron chi connectivity index (χ4n) is 2.16. The molecule has 0 saturated carbocycles. The number of hydrogen-bond donors (Lipinski definition) is 1. The number of esters is 1. The van der Waals surface area contributed by atoms with Crippen LogP contribution in [0.3, 0.4) is 0 Å². The Labute approximate surface area is 158 Å². The van der Waals surface area contributed by atoms with Crippen molar-refractivity contribution in [1.82, 2.24) is 0 Å². The van der Waals surface area contributed by atoms with Gasteiger partial charge < -0.3 is 19.5 Å². The highest BCUT2D eigenvalue weighted by atomic mass is 35.5. The fourth-order valence-corrected chi connectivity index (χ4v) is 2.33. The molecule has 10 heteroatoms. The lowest BCUT2D eigenvalue weighted by Crippen LogP contribution is -2.21. The Balaban J connectivity index is 2.07. The summed E-state index contributed by atoms with van der Waals surface area (Å²) >= 11 is 5.90. The summed E-state index contributed by atoms with van der Waals surface area (Å²) < 4.78 is 15.2.